The van der Waals surface area contributed by atoms with Crippen LogP contribution in [0.3, 0.4) is 0 Å². The maximum atomic E-state index is 12.1. The van der Waals surface area contributed by atoms with Gasteiger partial charge in [-0.25, -0.2) is 0 Å². The van der Waals surface area contributed by atoms with Crippen LogP contribution in [0.25, 0.3) is 11.1 Å². The van der Waals surface area contributed by atoms with Gasteiger partial charge >= 0.3 is 5.97 Å². The molecule has 1 unspecified atom stereocenters. The van der Waals surface area contributed by atoms with Gasteiger partial charge in [-0.1, -0.05) is 43.3 Å². The van der Waals surface area contributed by atoms with E-state index in [9.17, 15) is 4.79 Å². The van der Waals surface area contributed by atoms with Gasteiger partial charge in [0.05, 0.1) is 17.6 Å². The van der Waals surface area contributed by atoms with E-state index < -0.39 is 0 Å². The molecule has 0 aliphatic heterocycles. The highest BCUT2D eigenvalue weighted by atomic mass is 32.2. The van der Waals surface area contributed by atoms with Gasteiger partial charge in [-0.3, -0.25) is 4.79 Å². The van der Waals surface area contributed by atoms with Crippen molar-refractivity contribution in [2.45, 2.75) is 50.4 Å². The Morgan fingerprint density at radius 3 is 2.36 bits per heavy atom. The van der Waals surface area contributed by atoms with Crippen molar-refractivity contribution < 1.29 is 14.3 Å². The molecule has 0 bridgehead atoms. The molecule has 134 valence electrons. The molecule has 3 nitrogen and oxygen atoms in total. The molecule has 0 amide bonds. The van der Waals surface area contributed by atoms with Gasteiger partial charge in [0.2, 0.25) is 0 Å². The number of thioether (sulfide) groups is 1. The van der Waals surface area contributed by atoms with Crippen LogP contribution < -0.4 is 4.74 Å². The summed E-state index contributed by atoms with van der Waals surface area (Å²) in [6.45, 7) is 8.24. The first-order valence-corrected chi connectivity index (χ1v) is 9.62. The average molecular weight is 359 g/mol. The molecule has 0 heterocycles. The van der Waals surface area contributed by atoms with Gasteiger partial charge < -0.3 is 9.47 Å². The number of carbonyl (C=O) groups is 1. The number of carbonyl (C=O) groups excluding carboxylic acids is 1. The normalized spacial score (nSPS) is 12.0. The minimum absolute atomic E-state index is 0.0630. The fourth-order valence-corrected chi connectivity index (χ4v) is 3.46. The van der Waals surface area contributed by atoms with Gasteiger partial charge in [0.25, 0.3) is 0 Å². The Labute approximate surface area is 154 Å². The molecule has 25 heavy (non-hydrogen) atoms. The number of hydrogen-bond donors (Lipinski definition) is 0. The van der Waals surface area contributed by atoms with Crippen LogP contribution in [0.5, 0.6) is 5.75 Å². The van der Waals surface area contributed by atoms with Crippen LogP contribution in [0.4, 0.5) is 0 Å². The Balaban J connectivity index is 2.31. The number of rotatable bonds is 8. The van der Waals surface area contributed by atoms with Crippen LogP contribution in [0.1, 0.15) is 34.1 Å². The summed E-state index contributed by atoms with van der Waals surface area (Å²) in [4.78, 5) is 13.1. The summed E-state index contributed by atoms with van der Waals surface area (Å²) in [5.74, 6) is 0.640. The maximum absolute atomic E-state index is 12.1. The summed E-state index contributed by atoms with van der Waals surface area (Å²) < 4.78 is 11.2. The zero-order valence-corrected chi connectivity index (χ0v) is 16.1. The number of benzene rings is 2. The molecule has 2 aromatic rings. The van der Waals surface area contributed by atoms with Gasteiger partial charge in [0.15, 0.2) is 0 Å². The Morgan fingerprint density at radius 1 is 1.04 bits per heavy atom. The second-order valence-corrected chi connectivity index (χ2v) is 7.21. The molecule has 4 heteroatoms. The third kappa shape index (κ3) is 5.53. The molecular formula is C21H26O3S. The van der Waals surface area contributed by atoms with Crippen LogP contribution >= 0.6 is 11.8 Å². The summed E-state index contributed by atoms with van der Waals surface area (Å²) in [6, 6.07) is 16.4. The largest absolute Gasteiger partial charge is 0.490 e. The summed E-state index contributed by atoms with van der Waals surface area (Å²) in [5.41, 5.74) is 2.25. The Kier molecular flexibility index (Phi) is 7.38. The lowest BCUT2D eigenvalue weighted by atomic mass is 10.1. The first-order chi connectivity index (χ1) is 12.0. The zero-order chi connectivity index (χ0) is 18.2. The van der Waals surface area contributed by atoms with Gasteiger partial charge in [0, 0.05) is 0 Å². The van der Waals surface area contributed by atoms with E-state index in [0.717, 1.165) is 21.8 Å². The molecular weight excluding hydrogens is 332 g/mol. The SMILES string of the molecule is CCOC(=O)C(CC)Sc1ccc(-c2ccccc2)cc1OC(C)C. The molecule has 0 saturated heterocycles. The van der Waals surface area contributed by atoms with Crippen LogP contribution in [0.15, 0.2) is 53.4 Å². The highest BCUT2D eigenvalue weighted by Gasteiger charge is 2.21. The molecule has 0 saturated carbocycles. The number of ether oxygens (including phenoxy) is 2. The smallest absolute Gasteiger partial charge is 0.319 e. The lowest BCUT2D eigenvalue weighted by Gasteiger charge is -2.18. The molecule has 0 spiro atoms. The summed E-state index contributed by atoms with van der Waals surface area (Å²) >= 11 is 1.51. The molecule has 2 aromatic carbocycles. The fraction of sp³-hybridized carbons (Fsp3) is 0.381. The summed E-state index contributed by atoms with van der Waals surface area (Å²) in [5, 5.41) is -0.225. The number of hydrogen-bond acceptors (Lipinski definition) is 4. The second kappa shape index (κ2) is 9.52. The van der Waals surface area contributed by atoms with Crippen molar-refractivity contribution in [3.05, 3.63) is 48.5 Å². The Hall–Kier alpha value is -1.94. The van der Waals surface area contributed by atoms with E-state index in [2.05, 4.69) is 24.3 Å². The highest BCUT2D eigenvalue weighted by Crippen LogP contribution is 2.37. The van der Waals surface area contributed by atoms with Crippen molar-refractivity contribution in [1.29, 1.82) is 0 Å². The lowest BCUT2D eigenvalue weighted by molar-refractivity contribution is -0.142. The van der Waals surface area contributed by atoms with Crippen molar-refractivity contribution in [3.63, 3.8) is 0 Å². The zero-order valence-electron chi connectivity index (χ0n) is 15.3. The molecule has 0 aromatic heterocycles. The first-order valence-electron chi connectivity index (χ1n) is 8.74. The molecule has 0 aliphatic rings. The minimum atomic E-state index is -0.225. The van der Waals surface area contributed by atoms with Crippen molar-refractivity contribution >= 4 is 17.7 Å². The molecule has 1 atom stereocenters. The average Bonchev–Trinajstić information content (AvgIpc) is 2.61. The predicted octanol–water partition coefficient (Wildman–Crippen LogP) is 5.57. The molecule has 0 aliphatic carbocycles. The van der Waals surface area contributed by atoms with Crippen LogP contribution in [0.2, 0.25) is 0 Å². The van der Waals surface area contributed by atoms with E-state index in [1.54, 1.807) is 0 Å². The summed E-state index contributed by atoms with van der Waals surface area (Å²) in [6.07, 6.45) is 0.776. The van der Waals surface area contributed by atoms with Crippen molar-refractivity contribution in [2.75, 3.05) is 6.61 Å². The van der Waals surface area contributed by atoms with Gasteiger partial charge in [-0.2, -0.15) is 0 Å². The molecule has 0 N–H and O–H groups in total. The van der Waals surface area contributed by atoms with E-state index in [-0.39, 0.29) is 17.3 Å². The van der Waals surface area contributed by atoms with E-state index in [4.69, 9.17) is 9.47 Å². The van der Waals surface area contributed by atoms with Gasteiger partial charge in [0.1, 0.15) is 11.0 Å². The topological polar surface area (TPSA) is 35.5 Å². The van der Waals surface area contributed by atoms with Crippen LogP contribution in [-0.4, -0.2) is 23.9 Å². The minimum Gasteiger partial charge on any atom is -0.490 e. The van der Waals surface area contributed by atoms with E-state index in [0.29, 0.717) is 13.0 Å². The van der Waals surface area contributed by atoms with Gasteiger partial charge in [-0.05, 0) is 50.5 Å². The lowest BCUT2D eigenvalue weighted by Crippen LogP contribution is -2.19. The molecule has 0 fully saturated rings. The van der Waals surface area contributed by atoms with Crippen LogP contribution in [0, 0.1) is 0 Å². The van der Waals surface area contributed by atoms with Gasteiger partial charge in [-0.15, -0.1) is 11.8 Å². The monoisotopic (exact) mass is 358 g/mol. The van der Waals surface area contributed by atoms with Crippen molar-refractivity contribution in [1.82, 2.24) is 0 Å². The predicted molar refractivity (Wildman–Crippen MR) is 104 cm³/mol. The third-order valence-electron chi connectivity index (χ3n) is 3.60. The fourth-order valence-electron chi connectivity index (χ4n) is 2.45. The molecule has 2 rings (SSSR count). The maximum Gasteiger partial charge on any atom is 0.319 e. The Bertz CT molecular complexity index is 683. The summed E-state index contributed by atoms with van der Waals surface area (Å²) in [7, 11) is 0. The van der Waals surface area contributed by atoms with Crippen molar-refractivity contribution in [3.8, 4) is 16.9 Å². The third-order valence-corrected chi connectivity index (χ3v) is 5.00. The second-order valence-electron chi connectivity index (χ2n) is 5.96. The van der Waals surface area contributed by atoms with E-state index in [1.807, 2.05) is 52.0 Å². The van der Waals surface area contributed by atoms with Crippen LogP contribution in [-0.2, 0) is 9.53 Å². The molecule has 0 radical (unpaired) electrons. The number of esters is 1. The van der Waals surface area contributed by atoms with Crippen molar-refractivity contribution in [2.24, 2.45) is 0 Å². The first kappa shape index (κ1) is 19.4. The standard InChI is InChI=1S/C21H26O3S/c1-5-19(21(22)23-6-2)25-20-13-12-17(14-18(20)24-15(3)4)16-10-8-7-9-11-16/h7-15,19H,5-6H2,1-4H3. The highest BCUT2D eigenvalue weighted by molar-refractivity contribution is 8.00. The quantitative estimate of drug-likeness (QED) is 0.456. The Morgan fingerprint density at radius 2 is 1.76 bits per heavy atom. The van der Waals surface area contributed by atoms with E-state index >= 15 is 0 Å². The van der Waals surface area contributed by atoms with E-state index in [1.165, 1.54) is 11.8 Å².